The lowest BCUT2D eigenvalue weighted by Gasteiger charge is -2.37. The third kappa shape index (κ3) is 1.64. The third-order valence-corrected chi connectivity index (χ3v) is 3.33. The van der Waals surface area contributed by atoms with Gasteiger partial charge in [0, 0.05) is 12.6 Å². The number of nitrogens with zero attached hydrogens (tertiary/aromatic N) is 2. The summed E-state index contributed by atoms with van der Waals surface area (Å²) in [6, 6.07) is 0. The molecule has 0 saturated heterocycles. The Bertz CT molecular complexity index is 380. The molecule has 1 saturated carbocycles. The van der Waals surface area contributed by atoms with Gasteiger partial charge < -0.3 is 5.11 Å². The van der Waals surface area contributed by atoms with E-state index in [-0.39, 0.29) is 17.1 Å². The van der Waals surface area contributed by atoms with Gasteiger partial charge in [0.15, 0.2) is 0 Å². The van der Waals surface area contributed by atoms with E-state index in [0.29, 0.717) is 12.8 Å². The minimum atomic E-state index is -4.90. The maximum atomic E-state index is 13.0. The van der Waals surface area contributed by atoms with Crippen LogP contribution in [0.2, 0.25) is 0 Å². The minimum Gasteiger partial charge on any atom is -0.362 e. The number of fused-ring (bicyclic) bond motifs is 1. The number of hydrogen-bond donors (Lipinski definition) is 1. The van der Waals surface area contributed by atoms with Crippen molar-refractivity contribution in [2.75, 3.05) is 0 Å². The van der Waals surface area contributed by atoms with Crippen LogP contribution in [0.15, 0.2) is 5.10 Å². The van der Waals surface area contributed by atoms with Crippen LogP contribution in [0.5, 0.6) is 0 Å². The van der Waals surface area contributed by atoms with Gasteiger partial charge in [-0.25, -0.2) is 0 Å². The molecule has 0 spiro atoms. The van der Waals surface area contributed by atoms with Gasteiger partial charge in [-0.05, 0) is 19.3 Å². The largest absolute Gasteiger partial charge is 0.439 e. The SMILES string of the molecule is CC(=O)N1N=C2CCCCC2C1(O)C(F)(F)F. The van der Waals surface area contributed by atoms with Gasteiger partial charge in [-0.1, -0.05) is 6.42 Å². The maximum Gasteiger partial charge on any atom is 0.439 e. The first kappa shape index (κ1) is 12.3. The second kappa shape index (κ2) is 3.69. The fourth-order valence-electron chi connectivity index (χ4n) is 2.53. The minimum absolute atomic E-state index is 0.193. The number of hydrogen-bond acceptors (Lipinski definition) is 3. The van der Waals surface area contributed by atoms with Crippen LogP contribution in [0.4, 0.5) is 13.2 Å². The second-order valence-corrected chi connectivity index (χ2v) is 4.44. The molecule has 2 atom stereocenters. The molecule has 2 aliphatic rings. The van der Waals surface area contributed by atoms with Crippen molar-refractivity contribution in [1.82, 2.24) is 5.01 Å². The van der Waals surface area contributed by atoms with Crippen molar-refractivity contribution in [3.63, 3.8) is 0 Å². The summed E-state index contributed by atoms with van der Waals surface area (Å²) in [4.78, 5) is 11.2. The zero-order valence-electron chi connectivity index (χ0n) is 9.29. The molecule has 1 aliphatic heterocycles. The molecule has 2 unspecified atom stereocenters. The van der Waals surface area contributed by atoms with Crippen LogP contribution in [0.1, 0.15) is 32.6 Å². The Morgan fingerprint density at radius 1 is 1.53 bits per heavy atom. The van der Waals surface area contributed by atoms with Crippen molar-refractivity contribution in [2.24, 2.45) is 11.0 Å². The van der Waals surface area contributed by atoms with Gasteiger partial charge in [0.05, 0.1) is 5.92 Å². The third-order valence-electron chi connectivity index (χ3n) is 3.33. The molecule has 4 nitrogen and oxygen atoms in total. The topological polar surface area (TPSA) is 52.9 Å². The summed E-state index contributed by atoms with van der Waals surface area (Å²) in [6.07, 6.45) is -2.93. The molecule has 1 fully saturated rings. The van der Waals surface area contributed by atoms with E-state index in [2.05, 4.69) is 5.10 Å². The molecule has 2 rings (SSSR count). The lowest BCUT2D eigenvalue weighted by atomic mass is 9.80. The molecular formula is C10H13F3N2O2. The highest BCUT2D eigenvalue weighted by atomic mass is 19.4. The van der Waals surface area contributed by atoms with E-state index in [9.17, 15) is 23.1 Å². The van der Waals surface area contributed by atoms with Gasteiger partial charge in [-0.15, -0.1) is 0 Å². The number of amides is 1. The van der Waals surface area contributed by atoms with Gasteiger partial charge in [0.25, 0.3) is 5.72 Å². The predicted molar refractivity (Wildman–Crippen MR) is 52.9 cm³/mol. The molecule has 1 heterocycles. The highest BCUT2D eigenvalue weighted by molar-refractivity contribution is 5.92. The summed E-state index contributed by atoms with van der Waals surface area (Å²) in [5.41, 5.74) is -2.87. The number of carbonyl (C=O) groups excluding carboxylic acids is 1. The molecule has 1 amide bonds. The summed E-state index contributed by atoms with van der Waals surface area (Å²) >= 11 is 0. The number of carbonyl (C=O) groups is 1. The second-order valence-electron chi connectivity index (χ2n) is 4.44. The van der Waals surface area contributed by atoms with Gasteiger partial charge in [-0.3, -0.25) is 4.79 Å². The Morgan fingerprint density at radius 2 is 2.18 bits per heavy atom. The zero-order valence-corrected chi connectivity index (χ0v) is 9.29. The van der Waals surface area contributed by atoms with E-state index in [4.69, 9.17) is 0 Å². The molecule has 7 heteroatoms. The summed E-state index contributed by atoms with van der Waals surface area (Å²) in [5, 5.41) is 13.8. The molecule has 0 aromatic rings. The van der Waals surface area contributed by atoms with Crippen LogP contribution in [-0.2, 0) is 4.79 Å². The number of aliphatic hydroxyl groups is 1. The highest BCUT2D eigenvalue weighted by Crippen LogP contribution is 2.47. The first-order valence-electron chi connectivity index (χ1n) is 5.45. The number of halogens is 3. The lowest BCUT2D eigenvalue weighted by Crippen LogP contribution is -2.61. The van der Waals surface area contributed by atoms with E-state index in [0.717, 1.165) is 13.3 Å². The van der Waals surface area contributed by atoms with Gasteiger partial charge >= 0.3 is 6.18 Å². The Hall–Kier alpha value is -1.11. The van der Waals surface area contributed by atoms with Crippen LogP contribution in [-0.4, -0.2) is 33.6 Å². The van der Waals surface area contributed by atoms with Crippen molar-refractivity contribution in [3.8, 4) is 0 Å². The van der Waals surface area contributed by atoms with E-state index in [1.807, 2.05) is 0 Å². The monoisotopic (exact) mass is 250 g/mol. The lowest BCUT2D eigenvalue weighted by molar-refractivity contribution is -0.316. The highest BCUT2D eigenvalue weighted by Gasteiger charge is 2.67. The smallest absolute Gasteiger partial charge is 0.362 e. The average molecular weight is 250 g/mol. The molecule has 96 valence electrons. The molecular weight excluding hydrogens is 237 g/mol. The Balaban J connectivity index is 2.45. The molecule has 0 bridgehead atoms. The predicted octanol–water partition coefficient (Wildman–Crippen LogP) is 1.65. The number of hydrazone groups is 1. The number of rotatable bonds is 0. The van der Waals surface area contributed by atoms with Crippen LogP contribution in [0.3, 0.4) is 0 Å². The van der Waals surface area contributed by atoms with E-state index >= 15 is 0 Å². The Kier molecular flexibility index (Phi) is 2.68. The van der Waals surface area contributed by atoms with Crippen molar-refractivity contribution < 1.29 is 23.1 Å². The van der Waals surface area contributed by atoms with E-state index in [1.54, 1.807) is 0 Å². The van der Waals surface area contributed by atoms with Gasteiger partial charge in [-0.2, -0.15) is 23.3 Å². The molecule has 1 N–H and O–H groups in total. The Labute approximate surface area is 96.1 Å². The summed E-state index contributed by atoms with van der Waals surface area (Å²) in [5.74, 6) is -2.01. The van der Waals surface area contributed by atoms with E-state index in [1.165, 1.54) is 0 Å². The van der Waals surface area contributed by atoms with Crippen LogP contribution >= 0.6 is 0 Å². The fraction of sp³-hybridized carbons (Fsp3) is 0.800. The van der Waals surface area contributed by atoms with Crippen molar-refractivity contribution in [1.29, 1.82) is 0 Å². The molecule has 17 heavy (non-hydrogen) atoms. The first-order chi connectivity index (χ1) is 7.78. The van der Waals surface area contributed by atoms with Crippen molar-refractivity contribution in [3.05, 3.63) is 0 Å². The van der Waals surface area contributed by atoms with Crippen molar-refractivity contribution >= 4 is 11.6 Å². The number of alkyl halides is 3. The quantitative estimate of drug-likeness (QED) is 0.710. The van der Waals surface area contributed by atoms with Crippen molar-refractivity contribution in [2.45, 2.75) is 44.5 Å². The molecule has 0 aromatic heterocycles. The molecule has 0 radical (unpaired) electrons. The summed E-state index contributed by atoms with van der Waals surface area (Å²) in [6.45, 7) is 0.970. The normalized spacial score (nSPS) is 33.4. The summed E-state index contributed by atoms with van der Waals surface area (Å²) < 4.78 is 39.0. The average Bonchev–Trinajstić information content (AvgIpc) is 2.54. The van der Waals surface area contributed by atoms with Gasteiger partial charge in [0.1, 0.15) is 0 Å². The first-order valence-corrected chi connectivity index (χ1v) is 5.45. The zero-order chi connectivity index (χ0) is 12.8. The van der Waals surface area contributed by atoms with Gasteiger partial charge in [0.2, 0.25) is 5.91 Å². The molecule has 1 aliphatic carbocycles. The standard InChI is InChI=1S/C10H13F3N2O2/c1-6(16)15-9(17,10(11,12)13)7-4-2-3-5-8(7)14-15/h7,17H,2-5H2,1H3. The van der Waals surface area contributed by atoms with Crippen LogP contribution < -0.4 is 0 Å². The summed E-state index contributed by atoms with van der Waals surface area (Å²) in [7, 11) is 0. The molecule has 0 aromatic carbocycles. The van der Waals surface area contributed by atoms with Crippen LogP contribution in [0.25, 0.3) is 0 Å². The van der Waals surface area contributed by atoms with E-state index < -0.39 is 23.7 Å². The fourth-order valence-corrected chi connectivity index (χ4v) is 2.53. The Morgan fingerprint density at radius 3 is 2.71 bits per heavy atom. The maximum absolute atomic E-state index is 13.0. The van der Waals surface area contributed by atoms with Crippen LogP contribution in [0, 0.1) is 5.92 Å².